The maximum atomic E-state index is 11.7. The Bertz CT molecular complexity index is 481. The Morgan fingerprint density at radius 1 is 1.27 bits per heavy atom. The Hall–Kier alpha value is -1.86. The number of carbonyl (C=O) groups excluding carboxylic acids is 1. The molecular formula is C15H23N5O2. The van der Waals surface area contributed by atoms with Gasteiger partial charge in [-0.3, -0.25) is 10.9 Å². The molecule has 0 spiro atoms. The van der Waals surface area contributed by atoms with E-state index < -0.39 is 0 Å². The Morgan fingerprint density at radius 2 is 2.05 bits per heavy atom. The fraction of sp³-hybridized carbons (Fsp3) is 0.600. The first kappa shape index (κ1) is 15.1. The molecule has 2 fully saturated rings. The molecule has 3 rings (SSSR count). The summed E-state index contributed by atoms with van der Waals surface area (Å²) in [5, 5.41) is 5.72. The molecule has 7 nitrogen and oxygen atoms in total. The third-order valence-corrected chi connectivity index (χ3v) is 4.00. The van der Waals surface area contributed by atoms with E-state index in [0.29, 0.717) is 18.5 Å². The van der Waals surface area contributed by atoms with Crippen molar-refractivity contribution in [2.75, 3.05) is 13.1 Å². The summed E-state index contributed by atoms with van der Waals surface area (Å²) in [7, 11) is 0. The number of hydrogen-bond donors (Lipinski definition) is 4. The molecule has 1 aromatic rings. The zero-order valence-corrected chi connectivity index (χ0v) is 12.6. The van der Waals surface area contributed by atoms with Crippen LogP contribution in [0.4, 0.5) is 4.79 Å². The molecule has 1 aromatic heterocycles. The molecule has 7 heteroatoms. The summed E-state index contributed by atoms with van der Waals surface area (Å²) < 4.78 is 5.82. The topological polar surface area (TPSA) is 87.3 Å². The van der Waals surface area contributed by atoms with Crippen LogP contribution in [-0.2, 0) is 6.54 Å². The Balaban J connectivity index is 1.41. The van der Waals surface area contributed by atoms with Crippen molar-refractivity contribution in [1.82, 2.24) is 26.5 Å². The van der Waals surface area contributed by atoms with Gasteiger partial charge in [-0.2, -0.15) is 0 Å². The maximum Gasteiger partial charge on any atom is 0.315 e. The molecule has 0 atom stereocenters. The van der Waals surface area contributed by atoms with Crippen LogP contribution < -0.4 is 26.2 Å². The molecule has 2 aliphatic rings. The van der Waals surface area contributed by atoms with Gasteiger partial charge in [0.15, 0.2) is 0 Å². The number of hydrogen-bond acceptors (Lipinski definition) is 5. The average Bonchev–Trinajstić information content (AvgIpc) is 3.20. The number of ether oxygens (including phenoxy) is 1. The third-order valence-electron chi connectivity index (χ3n) is 4.00. The van der Waals surface area contributed by atoms with E-state index in [9.17, 15) is 4.79 Å². The molecule has 22 heavy (non-hydrogen) atoms. The quantitative estimate of drug-likeness (QED) is 0.642. The second-order valence-corrected chi connectivity index (χ2v) is 5.81. The van der Waals surface area contributed by atoms with E-state index in [1.165, 1.54) is 12.8 Å². The lowest BCUT2D eigenvalue weighted by atomic mass is 10.3. The maximum absolute atomic E-state index is 11.7. The minimum Gasteiger partial charge on any atom is -0.474 e. The molecule has 1 aliphatic heterocycles. The van der Waals surface area contributed by atoms with Crippen LogP contribution in [-0.4, -0.2) is 36.3 Å². The molecule has 4 N–H and O–H groups in total. The van der Waals surface area contributed by atoms with Crippen LogP contribution in [0, 0.1) is 0 Å². The fourth-order valence-corrected chi connectivity index (χ4v) is 2.75. The van der Waals surface area contributed by atoms with Crippen LogP contribution in [0.5, 0.6) is 5.88 Å². The van der Waals surface area contributed by atoms with Crippen molar-refractivity contribution in [3.8, 4) is 5.88 Å². The van der Waals surface area contributed by atoms with Crippen LogP contribution in [0.1, 0.15) is 31.2 Å². The number of nitrogens with zero attached hydrogens (tertiary/aromatic N) is 1. The number of rotatable bonds is 5. The summed E-state index contributed by atoms with van der Waals surface area (Å²) in [5.41, 5.74) is 6.90. The minimum absolute atomic E-state index is 0.125. The van der Waals surface area contributed by atoms with Gasteiger partial charge in [0, 0.05) is 31.9 Å². The molecule has 0 unspecified atom stereocenters. The molecular weight excluding hydrogens is 282 g/mol. The van der Waals surface area contributed by atoms with Crippen LogP contribution >= 0.6 is 0 Å². The van der Waals surface area contributed by atoms with E-state index in [1.807, 2.05) is 12.1 Å². The molecule has 1 aliphatic carbocycles. The highest BCUT2D eigenvalue weighted by Crippen LogP contribution is 2.22. The SMILES string of the molecule is O=C(NCc1ccc(OC2CCCC2)nc1)NC1CNNC1. The summed E-state index contributed by atoms with van der Waals surface area (Å²) in [5.74, 6) is 0.670. The summed E-state index contributed by atoms with van der Waals surface area (Å²) in [6, 6.07) is 3.77. The molecule has 1 saturated heterocycles. The third kappa shape index (κ3) is 4.32. The van der Waals surface area contributed by atoms with Gasteiger partial charge in [-0.05, 0) is 31.2 Å². The summed E-state index contributed by atoms with van der Waals surface area (Å²) in [6.07, 6.45) is 6.80. The van der Waals surface area contributed by atoms with Crippen LogP contribution in [0.15, 0.2) is 18.3 Å². The van der Waals surface area contributed by atoms with Crippen molar-refractivity contribution in [3.05, 3.63) is 23.9 Å². The van der Waals surface area contributed by atoms with Crippen LogP contribution in [0.3, 0.4) is 0 Å². The molecule has 0 bridgehead atoms. The number of nitrogens with one attached hydrogen (secondary N) is 4. The molecule has 2 amide bonds. The Kier molecular flexibility index (Phi) is 5.07. The second kappa shape index (κ2) is 7.42. The van der Waals surface area contributed by atoms with E-state index in [4.69, 9.17) is 4.74 Å². The summed E-state index contributed by atoms with van der Waals surface area (Å²) >= 11 is 0. The first-order valence-corrected chi connectivity index (χ1v) is 7.91. The minimum atomic E-state index is -0.165. The predicted octanol–water partition coefficient (Wildman–Crippen LogP) is 0.679. The molecule has 2 heterocycles. The molecule has 1 saturated carbocycles. The standard InChI is InChI=1S/C15H23N5O2/c21-15(20-12-9-18-19-10-12)17-8-11-5-6-14(16-7-11)22-13-3-1-2-4-13/h5-7,12-13,18-19H,1-4,8-10H2,(H2,17,20,21). The smallest absolute Gasteiger partial charge is 0.315 e. The monoisotopic (exact) mass is 305 g/mol. The highest BCUT2D eigenvalue weighted by molar-refractivity contribution is 5.74. The van der Waals surface area contributed by atoms with Crippen LogP contribution in [0.25, 0.3) is 0 Å². The van der Waals surface area contributed by atoms with Gasteiger partial charge in [0.2, 0.25) is 5.88 Å². The van der Waals surface area contributed by atoms with Gasteiger partial charge in [-0.25, -0.2) is 9.78 Å². The lowest BCUT2D eigenvalue weighted by Crippen LogP contribution is -2.44. The van der Waals surface area contributed by atoms with Crippen molar-refractivity contribution in [2.24, 2.45) is 0 Å². The second-order valence-electron chi connectivity index (χ2n) is 5.81. The lowest BCUT2D eigenvalue weighted by Gasteiger charge is -2.13. The van der Waals surface area contributed by atoms with Gasteiger partial charge < -0.3 is 15.4 Å². The van der Waals surface area contributed by atoms with Gasteiger partial charge in [-0.15, -0.1) is 0 Å². The number of pyridine rings is 1. The highest BCUT2D eigenvalue weighted by atomic mass is 16.5. The van der Waals surface area contributed by atoms with E-state index >= 15 is 0 Å². The van der Waals surface area contributed by atoms with Crippen molar-refractivity contribution in [3.63, 3.8) is 0 Å². The van der Waals surface area contributed by atoms with E-state index in [2.05, 4.69) is 26.5 Å². The zero-order chi connectivity index (χ0) is 15.2. The molecule has 0 radical (unpaired) electrons. The predicted molar refractivity (Wildman–Crippen MR) is 82.3 cm³/mol. The number of hydrazine groups is 1. The largest absolute Gasteiger partial charge is 0.474 e. The van der Waals surface area contributed by atoms with E-state index in [1.54, 1.807) is 6.20 Å². The van der Waals surface area contributed by atoms with Crippen molar-refractivity contribution >= 4 is 6.03 Å². The molecule has 0 aromatic carbocycles. The Labute approximate surface area is 130 Å². The lowest BCUT2D eigenvalue weighted by molar-refractivity contribution is 0.201. The summed E-state index contributed by atoms with van der Waals surface area (Å²) in [6.45, 7) is 1.93. The highest BCUT2D eigenvalue weighted by Gasteiger charge is 2.17. The average molecular weight is 305 g/mol. The van der Waals surface area contributed by atoms with Gasteiger partial charge in [-0.1, -0.05) is 6.07 Å². The van der Waals surface area contributed by atoms with Crippen molar-refractivity contribution in [1.29, 1.82) is 0 Å². The fourth-order valence-electron chi connectivity index (χ4n) is 2.75. The number of amides is 2. The molecule has 120 valence electrons. The normalized spacial score (nSPS) is 19.3. The van der Waals surface area contributed by atoms with E-state index in [0.717, 1.165) is 31.5 Å². The number of carbonyl (C=O) groups is 1. The van der Waals surface area contributed by atoms with Gasteiger partial charge >= 0.3 is 6.03 Å². The first-order valence-electron chi connectivity index (χ1n) is 7.91. The Morgan fingerprint density at radius 3 is 2.73 bits per heavy atom. The van der Waals surface area contributed by atoms with Crippen molar-refractivity contribution < 1.29 is 9.53 Å². The van der Waals surface area contributed by atoms with Crippen LogP contribution in [0.2, 0.25) is 0 Å². The van der Waals surface area contributed by atoms with Gasteiger partial charge in [0.25, 0.3) is 0 Å². The summed E-state index contributed by atoms with van der Waals surface area (Å²) in [4.78, 5) is 16.1. The van der Waals surface area contributed by atoms with Gasteiger partial charge in [0.1, 0.15) is 6.10 Å². The number of aromatic nitrogens is 1. The van der Waals surface area contributed by atoms with Crippen molar-refractivity contribution in [2.45, 2.75) is 44.4 Å². The van der Waals surface area contributed by atoms with Gasteiger partial charge in [0.05, 0.1) is 6.04 Å². The number of urea groups is 1. The van der Waals surface area contributed by atoms with E-state index in [-0.39, 0.29) is 12.1 Å². The zero-order valence-electron chi connectivity index (χ0n) is 12.6. The first-order chi connectivity index (χ1) is 10.8.